The van der Waals surface area contributed by atoms with E-state index in [1.165, 1.54) is 11.3 Å². The van der Waals surface area contributed by atoms with E-state index in [9.17, 15) is 5.11 Å². The number of ether oxygens (including phenoxy) is 1. The topological polar surface area (TPSA) is 55.5 Å². The van der Waals surface area contributed by atoms with Crippen molar-refractivity contribution in [3.63, 3.8) is 0 Å². The van der Waals surface area contributed by atoms with Crippen molar-refractivity contribution in [3.05, 3.63) is 18.2 Å². The summed E-state index contributed by atoms with van der Waals surface area (Å²) in [5.74, 6) is 0.860. The zero-order valence-corrected chi connectivity index (χ0v) is 7.89. The molecule has 0 atom stereocenters. The lowest BCUT2D eigenvalue weighted by atomic mass is 10.2. The van der Waals surface area contributed by atoms with Crippen LogP contribution < -0.4 is 10.5 Å². The van der Waals surface area contributed by atoms with Crippen LogP contribution in [0.25, 0.3) is 10.1 Å². The molecule has 0 saturated carbocycles. The molecule has 3 N–H and O–H groups in total. The lowest BCUT2D eigenvalue weighted by Crippen LogP contribution is -1.81. The number of fused-ring (bicyclic) bond motifs is 1. The van der Waals surface area contributed by atoms with E-state index >= 15 is 0 Å². The Kier molecular flexibility index (Phi) is 1.77. The van der Waals surface area contributed by atoms with Gasteiger partial charge in [-0.1, -0.05) is 0 Å². The molecule has 0 aliphatic rings. The molecule has 68 valence electrons. The zero-order chi connectivity index (χ0) is 9.42. The molecule has 13 heavy (non-hydrogen) atoms. The molecular weight excluding hydrogens is 186 g/mol. The fourth-order valence-electron chi connectivity index (χ4n) is 1.28. The standard InChI is InChI=1S/C9H9NO2S/c1-12-7-4-6(11)2-5-3-8(10)13-9(5)7/h2-4,11H,10H2,1H3. The molecule has 0 bridgehead atoms. The maximum absolute atomic E-state index is 9.34. The molecule has 1 aromatic heterocycles. The molecule has 2 rings (SSSR count). The fraction of sp³-hybridized carbons (Fsp3) is 0.111. The predicted molar refractivity (Wildman–Crippen MR) is 54.5 cm³/mol. The number of rotatable bonds is 1. The average Bonchev–Trinajstić information content (AvgIpc) is 2.43. The normalized spacial score (nSPS) is 10.5. The Morgan fingerprint density at radius 2 is 2.15 bits per heavy atom. The first-order valence-corrected chi connectivity index (χ1v) is 4.58. The van der Waals surface area contributed by atoms with Gasteiger partial charge >= 0.3 is 0 Å². The number of nitrogen functional groups attached to an aromatic ring is 1. The molecule has 4 heteroatoms. The summed E-state index contributed by atoms with van der Waals surface area (Å²) >= 11 is 1.45. The third kappa shape index (κ3) is 1.29. The van der Waals surface area contributed by atoms with Crippen molar-refractivity contribution in [2.75, 3.05) is 12.8 Å². The number of hydrogen-bond acceptors (Lipinski definition) is 4. The Bertz CT molecular complexity index is 450. The van der Waals surface area contributed by atoms with Crippen molar-refractivity contribution in [2.45, 2.75) is 0 Å². The van der Waals surface area contributed by atoms with Crippen LogP contribution in [0.4, 0.5) is 5.00 Å². The molecule has 0 fully saturated rings. The predicted octanol–water partition coefficient (Wildman–Crippen LogP) is 2.20. The van der Waals surface area contributed by atoms with Gasteiger partial charge in [0.2, 0.25) is 0 Å². The van der Waals surface area contributed by atoms with Crippen molar-refractivity contribution in [1.29, 1.82) is 0 Å². The van der Waals surface area contributed by atoms with Crippen LogP contribution in [0.3, 0.4) is 0 Å². The molecule has 0 unspecified atom stereocenters. The molecule has 0 amide bonds. The minimum absolute atomic E-state index is 0.196. The van der Waals surface area contributed by atoms with Gasteiger partial charge in [0.1, 0.15) is 11.5 Å². The Labute approximate surface area is 79.4 Å². The second kappa shape index (κ2) is 2.81. The Morgan fingerprint density at radius 1 is 1.38 bits per heavy atom. The third-order valence-corrected chi connectivity index (χ3v) is 2.80. The first kappa shape index (κ1) is 8.19. The van der Waals surface area contributed by atoms with E-state index in [4.69, 9.17) is 10.5 Å². The van der Waals surface area contributed by atoms with Crippen molar-refractivity contribution >= 4 is 26.4 Å². The number of benzene rings is 1. The van der Waals surface area contributed by atoms with Gasteiger partial charge in [0, 0.05) is 11.5 Å². The highest BCUT2D eigenvalue weighted by atomic mass is 32.1. The summed E-state index contributed by atoms with van der Waals surface area (Å²) in [4.78, 5) is 0. The lowest BCUT2D eigenvalue weighted by molar-refractivity contribution is 0.413. The second-order valence-corrected chi connectivity index (χ2v) is 3.80. The van der Waals surface area contributed by atoms with Crippen LogP contribution in [0, 0.1) is 0 Å². The number of thiophene rings is 1. The van der Waals surface area contributed by atoms with Crippen LogP contribution in [0.2, 0.25) is 0 Å². The van der Waals surface area contributed by atoms with E-state index in [-0.39, 0.29) is 5.75 Å². The monoisotopic (exact) mass is 195 g/mol. The third-order valence-electron chi connectivity index (χ3n) is 1.81. The number of anilines is 1. The first-order chi connectivity index (χ1) is 6.20. The molecule has 0 saturated heterocycles. The fourth-order valence-corrected chi connectivity index (χ4v) is 2.18. The van der Waals surface area contributed by atoms with Gasteiger partial charge in [0.25, 0.3) is 0 Å². The summed E-state index contributed by atoms with van der Waals surface area (Å²) in [5.41, 5.74) is 5.65. The number of hydrogen-bond donors (Lipinski definition) is 2. The maximum Gasteiger partial charge on any atom is 0.140 e. The van der Waals surface area contributed by atoms with Crippen molar-refractivity contribution < 1.29 is 9.84 Å². The number of aromatic hydroxyl groups is 1. The number of phenols is 1. The summed E-state index contributed by atoms with van der Waals surface area (Å²) in [7, 11) is 1.57. The van der Waals surface area contributed by atoms with Gasteiger partial charge in [-0.3, -0.25) is 0 Å². The summed E-state index contributed by atoms with van der Waals surface area (Å²) in [6, 6.07) is 5.07. The molecule has 2 aromatic rings. The van der Waals surface area contributed by atoms with Crippen LogP contribution in [0.5, 0.6) is 11.5 Å². The van der Waals surface area contributed by atoms with Crippen molar-refractivity contribution in [1.82, 2.24) is 0 Å². The van der Waals surface area contributed by atoms with E-state index in [0.717, 1.165) is 15.1 Å². The summed E-state index contributed by atoms with van der Waals surface area (Å²) in [6.45, 7) is 0. The van der Waals surface area contributed by atoms with Crippen LogP contribution in [-0.4, -0.2) is 12.2 Å². The van der Waals surface area contributed by atoms with E-state index < -0.39 is 0 Å². The number of methoxy groups -OCH3 is 1. The van der Waals surface area contributed by atoms with Gasteiger partial charge in [-0.2, -0.15) is 0 Å². The molecule has 3 nitrogen and oxygen atoms in total. The minimum atomic E-state index is 0.196. The lowest BCUT2D eigenvalue weighted by Gasteiger charge is -2.01. The summed E-state index contributed by atoms with van der Waals surface area (Å²) in [6.07, 6.45) is 0. The molecule has 0 aliphatic heterocycles. The Hall–Kier alpha value is -1.42. The first-order valence-electron chi connectivity index (χ1n) is 3.76. The molecule has 0 spiro atoms. The largest absolute Gasteiger partial charge is 0.508 e. The maximum atomic E-state index is 9.34. The van der Waals surface area contributed by atoms with Gasteiger partial charge in [-0.05, 0) is 12.1 Å². The van der Waals surface area contributed by atoms with E-state index in [1.54, 1.807) is 19.2 Å². The van der Waals surface area contributed by atoms with Crippen LogP contribution in [-0.2, 0) is 0 Å². The van der Waals surface area contributed by atoms with Gasteiger partial charge in [0.15, 0.2) is 0 Å². The van der Waals surface area contributed by atoms with E-state index in [1.807, 2.05) is 6.07 Å². The second-order valence-electron chi connectivity index (χ2n) is 2.72. The molecule has 0 aliphatic carbocycles. The highest BCUT2D eigenvalue weighted by Crippen LogP contribution is 2.37. The summed E-state index contributed by atoms with van der Waals surface area (Å²) in [5, 5.41) is 11.0. The van der Waals surface area contributed by atoms with Gasteiger partial charge in [-0.25, -0.2) is 0 Å². The highest BCUT2D eigenvalue weighted by Gasteiger charge is 2.06. The van der Waals surface area contributed by atoms with Gasteiger partial charge < -0.3 is 15.6 Å². The van der Waals surface area contributed by atoms with Crippen LogP contribution >= 0.6 is 11.3 Å². The molecule has 1 heterocycles. The summed E-state index contributed by atoms with van der Waals surface area (Å²) < 4.78 is 6.09. The quantitative estimate of drug-likeness (QED) is 0.733. The zero-order valence-electron chi connectivity index (χ0n) is 7.07. The SMILES string of the molecule is COc1cc(O)cc2cc(N)sc12. The highest BCUT2D eigenvalue weighted by molar-refractivity contribution is 7.23. The van der Waals surface area contributed by atoms with Crippen molar-refractivity contribution in [3.8, 4) is 11.5 Å². The Morgan fingerprint density at radius 3 is 2.85 bits per heavy atom. The minimum Gasteiger partial charge on any atom is -0.508 e. The van der Waals surface area contributed by atoms with E-state index in [0.29, 0.717) is 5.75 Å². The number of nitrogens with two attached hydrogens (primary N) is 1. The van der Waals surface area contributed by atoms with Gasteiger partial charge in [0.05, 0.1) is 16.8 Å². The van der Waals surface area contributed by atoms with E-state index in [2.05, 4.69) is 0 Å². The molecule has 1 aromatic carbocycles. The molecular formula is C9H9NO2S. The Balaban J connectivity index is 2.80. The number of phenolic OH excluding ortho intramolecular Hbond substituents is 1. The smallest absolute Gasteiger partial charge is 0.140 e. The van der Waals surface area contributed by atoms with Gasteiger partial charge in [-0.15, -0.1) is 11.3 Å². The van der Waals surface area contributed by atoms with Crippen molar-refractivity contribution in [2.24, 2.45) is 0 Å². The van der Waals surface area contributed by atoms with Crippen LogP contribution in [0.1, 0.15) is 0 Å². The van der Waals surface area contributed by atoms with Crippen LogP contribution in [0.15, 0.2) is 18.2 Å². The molecule has 0 radical (unpaired) electrons. The average molecular weight is 195 g/mol.